The number of hydrogen-bond acceptors (Lipinski definition) is 4. The van der Waals surface area contributed by atoms with Gasteiger partial charge < -0.3 is 14.6 Å². The number of ketones is 1. The molecule has 1 rings (SSSR count). The van der Waals surface area contributed by atoms with Gasteiger partial charge in [-0.1, -0.05) is 0 Å². The van der Waals surface area contributed by atoms with Crippen molar-refractivity contribution in [1.29, 1.82) is 0 Å². The van der Waals surface area contributed by atoms with Crippen LogP contribution in [0, 0.1) is 0 Å². The monoisotopic (exact) mass is 266 g/mol. The average Bonchev–Trinajstić information content (AvgIpc) is 2.67. The maximum Gasteiger partial charge on any atom is 0.354 e. The summed E-state index contributed by atoms with van der Waals surface area (Å²) in [4.78, 5) is 35.2. The van der Waals surface area contributed by atoms with Crippen LogP contribution in [-0.2, 0) is 16.6 Å². The number of ether oxygens (including phenoxy) is 1. The van der Waals surface area contributed by atoms with Crippen molar-refractivity contribution in [2.75, 3.05) is 7.11 Å². The molecule has 0 saturated carbocycles. The Balaban J connectivity index is 2.99. The molecule has 0 spiro atoms. The first-order valence-corrected chi connectivity index (χ1v) is 5.78. The summed E-state index contributed by atoms with van der Waals surface area (Å²) in [5.74, 6) is -1.95. The Bertz CT molecular complexity index is 523. The van der Waals surface area contributed by atoms with Gasteiger partial charge in [0.05, 0.1) is 12.8 Å². The quantitative estimate of drug-likeness (QED) is 0.501. The molecule has 0 unspecified atom stereocenters. The van der Waals surface area contributed by atoms with E-state index in [4.69, 9.17) is 0 Å². The third-order valence-electron chi connectivity index (χ3n) is 2.44. The third-order valence-corrected chi connectivity index (χ3v) is 2.44. The molecule has 1 N–H and O–H groups in total. The highest BCUT2D eigenvalue weighted by Crippen LogP contribution is 2.10. The Kier molecular flexibility index (Phi) is 4.14. The van der Waals surface area contributed by atoms with Crippen molar-refractivity contribution < 1.29 is 19.1 Å². The van der Waals surface area contributed by atoms with Gasteiger partial charge in [-0.15, -0.1) is 0 Å². The fourth-order valence-electron chi connectivity index (χ4n) is 1.56. The Morgan fingerprint density at radius 2 is 1.68 bits per heavy atom. The molecule has 0 aliphatic rings. The smallest absolute Gasteiger partial charge is 0.354 e. The zero-order chi connectivity index (χ0) is 14.8. The number of aromatic nitrogens is 1. The van der Waals surface area contributed by atoms with E-state index in [1.165, 1.54) is 30.9 Å². The second-order valence-electron chi connectivity index (χ2n) is 5.19. The zero-order valence-corrected chi connectivity index (χ0v) is 11.7. The molecular weight excluding hydrogens is 248 g/mol. The second-order valence-corrected chi connectivity index (χ2v) is 5.19. The minimum atomic E-state index is -0.704. The van der Waals surface area contributed by atoms with Gasteiger partial charge in [0.1, 0.15) is 5.69 Å². The van der Waals surface area contributed by atoms with Crippen LogP contribution in [0.3, 0.4) is 0 Å². The Morgan fingerprint density at radius 3 is 2.16 bits per heavy atom. The van der Waals surface area contributed by atoms with Crippen molar-refractivity contribution in [2.45, 2.75) is 26.3 Å². The van der Waals surface area contributed by atoms with E-state index in [0.717, 1.165) is 0 Å². The van der Waals surface area contributed by atoms with Crippen molar-refractivity contribution in [3.8, 4) is 0 Å². The Hall–Kier alpha value is -2.11. The van der Waals surface area contributed by atoms with Gasteiger partial charge in [0, 0.05) is 12.6 Å². The lowest BCUT2D eigenvalue weighted by Gasteiger charge is -2.19. The normalized spacial score (nSPS) is 11.0. The highest BCUT2D eigenvalue weighted by atomic mass is 16.5. The highest BCUT2D eigenvalue weighted by molar-refractivity contribution is 6.42. The first-order chi connectivity index (χ1) is 8.67. The summed E-state index contributed by atoms with van der Waals surface area (Å²) in [6, 6.07) is 2.88. The second kappa shape index (κ2) is 5.26. The average molecular weight is 266 g/mol. The number of carbonyl (C=O) groups excluding carboxylic acids is 3. The molecular formula is C13H18N2O4. The summed E-state index contributed by atoms with van der Waals surface area (Å²) >= 11 is 0. The van der Waals surface area contributed by atoms with Crippen molar-refractivity contribution in [2.24, 2.45) is 7.05 Å². The van der Waals surface area contributed by atoms with Crippen LogP contribution in [0.1, 0.15) is 41.7 Å². The van der Waals surface area contributed by atoms with E-state index < -0.39 is 23.2 Å². The van der Waals surface area contributed by atoms with Crippen LogP contribution in [0.15, 0.2) is 12.1 Å². The molecule has 0 atom stereocenters. The van der Waals surface area contributed by atoms with Gasteiger partial charge in [-0.25, -0.2) is 4.79 Å². The molecule has 19 heavy (non-hydrogen) atoms. The lowest BCUT2D eigenvalue weighted by molar-refractivity contribution is -0.118. The number of amides is 1. The number of methoxy groups -OCH3 is 1. The molecule has 0 aromatic carbocycles. The summed E-state index contributed by atoms with van der Waals surface area (Å²) in [6.45, 7) is 5.34. The third kappa shape index (κ3) is 3.43. The van der Waals surface area contributed by atoms with Gasteiger partial charge >= 0.3 is 5.97 Å². The fourth-order valence-corrected chi connectivity index (χ4v) is 1.56. The molecule has 1 heterocycles. The lowest BCUT2D eigenvalue weighted by Crippen LogP contribution is -2.44. The van der Waals surface area contributed by atoms with Crippen molar-refractivity contribution in [3.63, 3.8) is 0 Å². The number of hydrogen-bond donors (Lipinski definition) is 1. The molecule has 1 aromatic heterocycles. The number of nitrogens with zero attached hydrogens (tertiary/aromatic N) is 1. The molecule has 104 valence electrons. The predicted molar refractivity (Wildman–Crippen MR) is 69.0 cm³/mol. The van der Waals surface area contributed by atoms with Crippen LogP contribution in [0.25, 0.3) is 0 Å². The van der Waals surface area contributed by atoms with E-state index in [1.54, 1.807) is 20.8 Å². The van der Waals surface area contributed by atoms with Crippen LogP contribution in [0.2, 0.25) is 0 Å². The van der Waals surface area contributed by atoms with Gasteiger partial charge in [-0.2, -0.15) is 0 Å². The van der Waals surface area contributed by atoms with Crippen molar-refractivity contribution in [3.05, 3.63) is 23.5 Å². The van der Waals surface area contributed by atoms with Crippen molar-refractivity contribution in [1.82, 2.24) is 9.88 Å². The molecule has 6 heteroatoms. The van der Waals surface area contributed by atoms with E-state index in [-0.39, 0.29) is 11.4 Å². The Labute approximate surface area is 111 Å². The van der Waals surface area contributed by atoms with Crippen LogP contribution in [0.5, 0.6) is 0 Å². The van der Waals surface area contributed by atoms with E-state index in [2.05, 4.69) is 10.1 Å². The molecule has 0 bridgehead atoms. The summed E-state index contributed by atoms with van der Waals surface area (Å²) in [5.41, 5.74) is -0.139. The number of Topliss-reactive ketones (excluding diaryl/α,β-unsaturated/α-hetero) is 1. The maximum atomic E-state index is 12.0. The molecule has 0 aliphatic carbocycles. The molecule has 0 radical (unpaired) electrons. The first-order valence-electron chi connectivity index (χ1n) is 5.78. The molecule has 6 nitrogen and oxygen atoms in total. The van der Waals surface area contributed by atoms with Crippen LogP contribution < -0.4 is 5.32 Å². The summed E-state index contributed by atoms with van der Waals surface area (Å²) < 4.78 is 5.92. The molecule has 0 saturated heterocycles. The topological polar surface area (TPSA) is 77.4 Å². The number of esters is 1. The first kappa shape index (κ1) is 14.9. The zero-order valence-electron chi connectivity index (χ0n) is 11.7. The molecule has 1 aromatic rings. The summed E-state index contributed by atoms with van der Waals surface area (Å²) in [5, 5.41) is 2.58. The van der Waals surface area contributed by atoms with Gasteiger partial charge in [0.25, 0.3) is 11.7 Å². The lowest BCUT2D eigenvalue weighted by atomic mass is 10.1. The number of carbonyl (C=O) groups is 3. The largest absolute Gasteiger partial charge is 0.464 e. The van der Waals surface area contributed by atoms with E-state index in [0.29, 0.717) is 0 Å². The van der Waals surface area contributed by atoms with Gasteiger partial charge in [0.2, 0.25) is 0 Å². The Morgan fingerprint density at radius 1 is 1.16 bits per heavy atom. The minimum absolute atomic E-state index is 0.141. The SMILES string of the molecule is COC(=O)c1ccc(C(=O)C(=O)NC(C)(C)C)n1C. The van der Waals surface area contributed by atoms with Gasteiger partial charge in [-0.05, 0) is 32.9 Å². The number of nitrogens with one attached hydrogen (secondary N) is 1. The molecule has 0 aliphatic heterocycles. The summed E-state index contributed by atoms with van der Waals surface area (Å²) in [6.07, 6.45) is 0. The van der Waals surface area contributed by atoms with Gasteiger partial charge in [-0.3, -0.25) is 9.59 Å². The summed E-state index contributed by atoms with van der Waals surface area (Å²) in [7, 11) is 2.78. The molecule has 0 fully saturated rings. The molecule has 1 amide bonds. The van der Waals surface area contributed by atoms with Crippen LogP contribution >= 0.6 is 0 Å². The fraction of sp³-hybridized carbons (Fsp3) is 0.462. The number of rotatable bonds is 3. The van der Waals surface area contributed by atoms with Crippen molar-refractivity contribution >= 4 is 17.7 Å². The van der Waals surface area contributed by atoms with E-state index in [1.807, 2.05) is 0 Å². The van der Waals surface area contributed by atoms with Crippen LogP contribution in [-0.4, -0.2) is 34.9 Å². The predicted octanol–water partition coefficient (Wildman–Crippen LogP) is 0.909. The standard InChI is InChI=1S/C13H18N2O4/c1-13(2,3)14-11(17)10(16)8-6-7-9(15(8)4)12(18)19-5/h6-7H,1-5H3,(H,14,17). The van der Waals surface area contributed by atoms with Gasteiger partial charge in [0.15, 0.2) is 0 Å². The van der Waals surface area contributed by atoms with Crippen LogP contribution in [0.4, 0.5) is 0 Å². The highest BCUT2D eigenvalue weighted by Gasteiger charge is 2.25. The van der Waals surface area contributed by atoms with E-state index in [9.17, 15) is 14.4 Å². The minimum Gasteiger partial charge on any atom is -0.464 e. The maximum absolute atomic E-state index is 12.0. The van der Waals surface area contributed by atoms with E-state index >= 15 is 0 Å².